The molecule has 0 atom stereocenters. The standard InChI is InChI=1S/C23H26N2O5S/c1-13(10-21(26)24-17-8-7-9-18(11-17)25-31(6,27)28)19-12-20-14(2)16(4)30-23(20)15(3)22(19)29-5/h7-12,25H,1-6H3,(H,24,26)/b13-10+. The van der Waals surface area contributed by atoms with Crippen molar-refractivity contribution in [2.75, 3.05) is 23.4 Å². The predicted octanol–water partition coefficient (Wildman–Crippen LogP) is 4.78. The highest BCUT2D eigenvalue weighted by Gasteiger charge is 2.18. The van der Waals surface area contributed by atoms with Crippen LogP contribution >= 0.6 is 0 Å². The van der Waals surface area contributed by atoms with E-state index in [1.54, 1.807) is 31.4 Å². The highest BCUT2D eigenvalue weighted by Crippen LogP contribution is 2.38. The van der Waals surface area contributed by atoms with E-state index in [-0.39, 0.29) is 5.91 Å². The number of aryl methyl sites for hydroxylation is 3. The molecule has 8 heteroatoms. The molecule has 2 aromatic carbocycles. The first-order valence-electron chi connectivity index (χ1n) is 9.65. The second-order valence-corrected chi connectivity index (χ2v) is 9.26. The Hall–Kier alpha value is -3.26. The summed E-state index contributed by atoms with van der Waals surface area (Å²) in [5.74, 6) is 1.16. The number of carbonyl (C=O) groups excluding carboxylic acids is 1. The zero-order chi connectivity index (χ0) is 22.9. The fourth-order valence-corrected chi connectivity index (χ4v) is 4.05. The van der Waals surface area contributed by atoms with Gasteiger partial charge in [0.25, 0.3) is 0 Å². The highest BCUT2D eigenvalue weighted by molar-refractivity contribution is 7.92. The SMILES string of the molecule is COc1c(/C(C)=C/C(=O)Nc2cccc(NS(C)(=O)=O)c2)cc2c(C)c(C)oc2c1C. The van der Waals surface area contributed by atoms with Crippen LogP contribution in [-0.2, 0) is 14.8 Å². The molecule has 0 unspecified atom stereocenters. The van der Waals surface area contributed by atoms with Crippen LogP contribution in [-0.4, -0.2) is 27.7 Å². The van der Waals surface area contributed by atoms with E-state index >= 15 is 0 Å². The van der Waals surface area contributed by atoms with Crippen LogP contribution in [0.2, 0.25) is 0 Å². The number of sulfonamides is 1. The van der Waals surface area contributed by atoms with Crippen LogP contribution in [0.1, 0.15) is 29.4 Å². The van der Waals surface area contributed by atoms with Gasteiger partial charge in [0.05, 0.1) is 19.1 Å². The van der Waals surface area contributed by atoms with E-state index in [4.69, 9.17) is 9.15 Å². The normalized spacial score (nSPS) is 12.1. The summed E-state index contributed by atoms with van der Waals surface area (Å²) in [5, 5.41) is 3.75. The number of fused-ring (bicyclic) bond motifs is 1. The number of ether oxygens (including phenoxy) is 1. The monoisotopic (exact) mass is 442 g/mol. The van der Waals surface area contributed by atoms with Crippen molar-refractivity contribution in [2.45, 2.75) is 27.7 Å². The molecule has 0 radical (unpaired) electrons. The number of carbonyl (C=O) groups is 1. The highest BCUT2D eigenvalue weighted by atomic mass is 32.2. The van der Waals surface area contributed by atoms with Gasteiger partial charge in [0, 0.05) is 28.3 Å². The number of benzene rings is 2. The van der Waals surface area contributed by atoms with Crippen LogP contribution < -0.4 is 14.8 Å². The summed E-state index contributed by atoms with van der Waals surface area (Å²) in [4.78, 5) is 12.6. The minimum atomic E-state index is -3.41. The second kappa shape index (κ2) is 8.47. The minimum Gasteiger partial charge on any atom is -0.496 e. The smallest absolute Gasteiger partial charge is 0.248 e. The molecule has 2 N–H and O–H groups in total. The predicted molar refractivity (Wildman–Crippen MR) is 124 cm³/mol. The third-order valence-corrected chi connectivity index (χ3v) is 5.66. The van der Waals surface area contributed by atoms with Gasteiger partial charge in [-0.3, -0.25) is 9.52 Å². The van der Waals surface area contributed by atoms with Crippen molar-refractivity contribution in [1.29, 1.82) is 0 Å². The van der Waals surface area contributed by atoms with Crippen LogP contribution in [0.25, 0.3) is 16.5 Å². The number of anilines is 2. The lowest BCUT2D eigenvalue weighted by molar-refractivity contribution is -0.111. The number of allylic oxidation sites excluding steroid dienone is 1. The molecule has 3 rings (SSSR count). The average molecular weight is 443 g/mol. The summed E-state index contributed by atoms with van der Waals surface area (Å²) in [7, 11) is -1.81. The summed E-state index contributed by atoms with van der Waals surface area (Å²) >= 11 is 0. The largest absolute Gasteiger partial charge is 0.496 e. The number of rotatable bonds is 6. The van der Waals surface area contributed by atoms with Gasteiger partial charge in [-0.2, -0.15) is 0 Å². The van der Waals surface area contributed by atoms with Gasteiger partial charge in [-0.15, -0.1) is 0 Å². The molecule has 0 saturated carbocycles. The number of nitrogens with one attached hydrogen (secondary N) is 2. The molecule has 31 heavy (non-hydrogen) atoms. The maximum Gasteiger partial charge on any atom is 0.248 e. The van der Waals surface area contributed by atoms with Crippen LogP contribution in [0, 0.1) is 20.8 Å². The molecular formula is C23H26N2O5S. The lowest BCUT2D eigenvalue weighted by Crippen LogP contribution is -2.11. The second-order valence-electron chi connectivity index (χ2n) is 7.51. The van der Waals surface area contributed by atoms with E-state index < -0.39 is 10.0 Å². The van der Waals surface area contributed by atoms with E-state index in [1.165, 1.54) is 6.08 Å². The van der Waals surface area contributed by atoms with Gasteiger partial charge >= 0.3 is 0 Å². The van der Waals surface area contributed by atoms with Crippen molar-refractivity contribution < 1.29 is 22.4 Å². The lowest BCUT2D eigenvalue weighted by atomic mass is 9.98. The maximum absolute atomic E-state index is 12.6. The van der Waals surface area contributed by atoms with Gasteiger partial charge in [0.2, 0.25) is 15.9 Å². The van der Waals surface area contributed by atoms with E-state index in [0.717, 1.165) is 45.2 Å². The van der Waals surface area contributed by atoms with Gasteiger partial charge in [-0.25, -0.2) is 8.42 Å². The van der Waals surface area contributed by atoms with Crippen molar-refractivity contribution in [2.24, 2.45) is 0 Å². The summed E-state index contributed by atoms with van der Waals surface area (Å²) in [6.45, 7) is 7.69. The number of amides is 1. The van der Waals surface area contributed by atoms with E-state index in [2.05, 4.69) is 10.0 Å². The Morgan fingerprint density at radius 1 is 1.10 bits per heavy atom. The third kappa shape index (κ3) is 4.91. The Kier molecular flexibility index (Phi) is 6.13. The number of furan rings is 1. The Balaban J connectivity index is 1.92. The lowest BCUT2D eigenvalue weighted by Gasteiger charge is -2.13. The topological polar surface area (TPSA) is 97.6 Å². The maximum atomic E-state index is 12.6. The van der Waals surface area contributed by atoms with Crippen molar-refractivity contribution in [3.8, 4) is 5.75 Å². The fraction of sp³-hybridized carbons (Fsp3) is 0.261. The number of hydrogen-bond acceptors (Lipinski definition) is 5. The molecule has 1 amide bonds. The molecule has 1 aromatic heterocycles. The molecule has 0 aliphatic heterocycles. The van der Waals surface area contributed by atoms with Crippen LogP contribution in [0.15, 0.2) is 40.8 Å². The summed E-state index contributed by atoms with van der Waals surface area (Å²) < 4.78 is 36.7. The molecule has 7 nitrogen and oxygen atoms in total. The Morgan fingerprint density at radius 2 is 1.77 bits per heavy atom. The van der Waals surface area contributed by atoms with Gasteiger partial charge in [-0.05, 0) is 63.1 Å². The molecule has 0 fully saturated rings. The Morgan fingerprint density at radius 3 is 2.42 bits per heavy atom. The molecule has 0 bridgehead atoms. The first-order chi connectivity index (χ1) is 14.5. The van der Waals surface area contributed by atoms with Crippen LogP contribution in [0.5, 0.6) is 5.75 Å². The number of methoxy groups -OCH3 is 1. The van der Waals surface area contributed by atoms with Gasteiger partial charge in [0.15, 0.2) is 0 Å². The van der Waals surface area contributed by atoms with E-state index in [9.17, 15) is 13.2 Å². The average Bonchev–Trinajstić information content (AvgIpc) is 2.95. The summed E-state index contributed by atoms with van der Waals surface area (Å²) in [5.41, 5.74) is 5.08. The van der Waals surface area contributed by atoms with Gasteiger partial charge in [0.1, 0.15) is 17.1 Å². The molecule has 1 heterocycles. The van der Waals surface area contributed by atoms with Gasteiger partial charge in [-0.1, -0.05) is 6.07 Å². The molecule has 164 valence electrons. The van der Waals surface area contributed by atoms with Crippen LogP contribution in [0.4, 0.5) is 11.4 Å². The summed E-state index contributed by atoms with van der Waals surface area (Å²) in [6, 6.07) is 8.47. The molecule has 0 saturated heterocycles. The van der Waals surface area contributed by atoms with E-state index in [0.29, 0.717) is 17.1 Å². The summed E-state index contributed by atoms with van der Waals surface area (Å²) in [6.07, 6.45) is 2.56. The molecular weight excluding hydrogens is 416 g/mol. The number of hydrogen-bond donors (Lipinski definition) is 2. The Bertz CT molecular complexity index is 1300. The minimum absolute atomic E-state index is 0.339. The van der Waals surface area contributed by atoms with Crippen molar-refractivity contribution in [3.63, 3.8) is 0 Å². The first-order valence-corrected chi connectivity index (χ1v) is 11.5. The van der Waals surface area contributed by atoms with E-state index in [1.807, 2.05) is 33.8 Å². The molecule has 0 aliphatic carbocycles. The van der Waals surface area contributed by atoms with Crippen LogP contribution in [0.3, 0.4) is 0 Å². The fourth-order valence-electron chi connectivity index (χ4n) is 3.50. The zero-order valence-electron chi connectivity index (χ0n) is 18.4. The quantitative estimate of drug-likeness (QED) is 0.536. The van der Waals surface area contributed by atoms with Crippen molar-refractivity contribution >= 4 is 43.8 Å². The molecule has 0 spiro atoms. The zero-order valence-corrected chi connectivity index (χ0v) is 19.2. The van der Waals surface area contributed by atoms with Crippen molar-refractivity contribution in [1.82, 2.24) is 0 Å². The van der Waals surface area contributed by atoms with Crippen molar-refractivity contribution in [3.05, 3.63) is 58.9 Å². The Labute approximate surface area is 182 Å². The molecule has 3 aromatic rings. The third-order valence-electron chi connectivity index (χ3n) is 5.06. The molecule has 0 aliphatic rings. The first kappa shape index (κ1) is 22.4. The van der Waals surface area contributed by atoms with Gasteiger partial charge < -0.3 is 14.5 Å².